The number of rotatable bonds is 13. The average molecular weight is 602 g/mol. The number of terminal acetylenes is 1. The third kappa shape index (κ3) is 16.2. The van der Waals surface area contributed by atoms with Gasteiger partial charge in [0.15, 0.2) is 0 Å². The van der Waals surface area contributed by atoms with Crippen LogP contribution in [0.4, 0.5) is 5.69 Å². The molecule has 0 aromatic heterocycles. The molecule has 1 aromatic rings. The van der Waals surface area contributed by atoms with E-state index in [-0.39, 0.29) is 31.2 Å². The van der Waals surface area contributed by atoms with Crippen molar-refractivity contribution in [2.45, 2.75) is 117 Å². The van der Waals surface area contributed by atoms with E-state index in [0.29, 0.717) is 6.54 Å². The molecule has 11 heteroatoms. The second-order valence-electron chi connectivity index (χ2n) is 13.0. The van der Waals surface area contributed by atoms with Gasteiger partial charge in [-0.1, -0.05) is 5.92 Å². The molecule has 1 rings (SSSR count). The van der Waals surface area contributed by atoms with E-state index in [4.69, 9.17) is 20.6 Å². The van der Waals surface area contributed by atoms with Crippen LogP contribution in [0.5, 0.6) is 0 Å². The van der Waals surface area contributed by atoms with E-state index in [1.807, 2.05) is 0 Å². The van der Waals surface area contributed by atoms with Gasteiger partial charge in [-0.05, 0) is 99.4 Å². The van der Waals surface area contributed by atoms with E-state index in [0.717, 1.165) is 5.69 Å². The van der Waals surface area contributed by atoms with Gasteiger partial charge in [-0.3, -0.25) is 14.4 Å². The highest BCUT2D eigenvalue weighted by Gasteiger charge is 2.31. The average Bonchev–Trinajstić information content (AvgIpc) is 2.84. The number of carbonyl (C=O) groups is 5. The maximum Gasteiger partial charge on any atom is 0.329 e. The Kier molecular flexibility index (Phi) is 13.7. The number of amides is 2. The molecule has 2 amide bonds. The highest BCUT2D eigenvalue weighted by atomic mass is 16.6. The van der Waals surface area contributed by atoms with Gasteiger partial charge in [-0.25, -0.2) is 9.59 Å². The molecule has 0 spiro atoms. The van der Waals surface area contributed by atoms with Crippen LogP contribution in [0.2, 0.25) is 0 Å². The summed E-state index contributed by atoms with van der Waals surface area (Å²) in [5.74, 6) is -0.600. The molecule has 0 radical (unpaired) electrons. The van der Waals surface area contributed by atoms with Crippen LogP contribution in [-0.4, -0.2) is 65.2 Å². The van der Waals surface area contributed by atoms with Crippen LogP contribution in [0, 0.1) is 12.3 Å². The highest BCUT2D eigenvalue weighted by molar-refractivity contribution is 5.97. The molecule has 0 unspecified atom stereocenters. The van der Waals surface area contributed by atoms with E-state index < -0.39 is 58.6 Å². The van der Waals surface area contributed by atoms with Crippen LogP contribution in [0.1, 0.15) is 98.4 Å². The van der Waals surface area contributed by atoms with Crippen molar-refractivity contribution in [1.82, 2.24) is 10.6 Å². The summed E-state index contributed by atoms with van der Waals surface area (Å²) in [6.45, 7) is 15.6. The molecular weight excluding hydrogens is 554 g/mol. The van der Waals surface area contributed by atoms with E-state index in [1.54, 1.807) is 86.6 Å². The van der Waals surface area contributed by atoms with E-state index in [1.165, 1.54) is 0 Å². The van der Waals surface area contributed by atoms with E-state index in [2.05, 4.69) is 21.9 Å². The van der Waals surface area contributed by atoms with Crippen LogP contribution >= 0.6 is 0 Å². The van der Waals surface area contributed by atoms with Crippen molar-refractivity contribution in [3.8, 4) is 12.3 Å². The molecule has 0 bridgehead atoms. The maximum absolute atomic E-state index is 13.0. The molecule has 0 aliphatic heterocycles. The predicted octanol–water partition coefficient (Wildman–Crippen LogP) is 3.90. The summed E-state index contributed by atoms with van der Waals surface area (Å²) in [7, 11) is 0. The topological polar surface area (TPSA) is 149 Å². The lowest BCUT2D eigenvalue weighted by Gasteiger charge is -2.26. The minimum Gasteiger partial charge on any atom is -0.460 e. The van der Waals surface area contributed by atoms with Crippen molar-refractivity contribution in [3.63, 3.8) is 0 Å². The molecule has 2 atom stereocenters. The summed E-state index contributed by atoms with van der Waals surface area (Å²) >= 11 is 0. The Labute approximate surface area is 255 Å². The Bertz CT molecular complexity index is 1170. The molecule has 0 aliphatic rings. The van der Waals surface area contributed by atoms with Crippen LogP contribution in [0.25, 0.3) is 0 Å². The standard InChI is InChI=1S/C32H47N3O8/c1-11-20-33-22-14-12-21(13-15-22)27(38)35-24(29(40)43-32(8,9)10)16-18-25(36)34-23(28(39)42-31(5,6)7)17-19-26(37)41-30(2,3)4/h1,12-15,23-24,33H,16-20H2,2-10H3,(H,34,36)(H,35,38)/t23-,24+/m1/s1. The molecular formula is C32H47N3O8. The van der Waals surface area contributed by atoms with Gasteiger partial charge in [0.2, 0.25) is 5.91 Å². The van der Waals surface area contributed by atoms with Crippen molar-refractivity contribution in [2.24, 2.45) is 0 Å². The zero-order valence-electron chi connectivity index (χ0n) is 26.8. The van der Waals surface area contributed by atoms with Crippen LogP contribution in [0.3, 0.4) is 0 Å². The van der Waals surface area contributed by atoms with Gasteiger partial charge in [0.25, 0.3) is 5.91 Å². The van der Waals surface area contributed by atoms with Gasteiger partial charge < -0.3 is 30.2 Å². The lowest BCUT2D eigenvalue weighted by atomic mass is 10.1. The number of nitrogens with one attached hydrogen (secondary N) is 3. The zero-order valence-corrected chi connectivity index (χ0v) is 26.8. The molecule has 0 heterocycles. The Balaban J connectivity index is 3.00. The second-order valence-corrected chi connectivity index (χ2v) is 13.0. The van der Waals surface area contributed by atoms with Crippen LogP contribution in [-0.2, 0) is 33.4 Å². The molecule has 238 valence electrons. The molecule has 0 aliphatic carbocycles. The fourth-order valence-corrected chi connectivity index (χ4v) is 3.57. The Hall–Kier alpha value is -4.07. The SMILES string of the molecule is C#CCNc1ccc(C(=O)N[C@@H](CCC(=O)N[C@H](CCC(=O)OC(C)(C)C)C(=O)OC(C)(C)C)C(=O)OC(C)(C)C)cc1. The molecule has 1 aromatic carbocycles. The predicted molar refractivity (Wildman–Crippen MR) is 163 cm³/mol. The Morgan fingerprint density at radius 2 is 1.19 bits per heavy atom. The number of carbonyl (C=O) groups excluding carboxylic acids is 5. The van der Waals surface area contributed by atoms with Crippen LogP contribution in [0.15, 0.2) is 24.3 Å². The van der Waals surface area contributed by atoms with E-state index in [9.17, 15) is 24.0 Å². The smallest absolute Gasteiger partial charge is 0.329 e. The number of anilines is 1. The molecule has 43 heavy (non-hydrogen) atoms. The highest BCUT2D eigenvalue weighted by Crippen LogP contribution is 2.16. The van der Waals surface area contributed by atoms with Gasteiger partial charge in [0, 0.05) is 24.1 Å². The summed E-state index contributed by atoms with van der Waals surface area (Å²) < 4.78 is 16.2. The first-order valence-corrected chi connectivity index (χ1v) is 14.2. The summed E-state index contributed by atoms with van der Waals surface area (Å²) in [4.78, 5) is 64.0. The van der Waals surface area contributed by atoms with Gasteiger partial charge >= 0.3 is 17.9 Å². The molecule has 11 nitrogen and oxygen atoms in total. The minimum absolute atomic E-state index is 0.0476. The summed E-state index contributed by atoms with van der Waals surface area (Å²) in [6, 6.07) is 4.22. The Morgan fingerprint density at radius 3 is 1.65 bits per heavy atom. The molecule has 0 fully saturated rings. The quantitative estimate of drug-likeness (QED) is 0.174. The normalized spacial score (nSPS) is 13.0. The second kappa shape index (κ2) is 16.0. The molecule has 0 saturated heterocycles. The van der Waals surface area contributed by atoms with Crippen LogP contribution < -0.4 is 16.0 Å². The third-order valence-electron chi connectivity index (χ3n) is 5.28. The zero-order chi connectivity index (χ0) is 33.0. The first-order chi connectivity index (χ1) is 19.7. The van der Waals surface area contributed by atoms with Crippen molar-refractivity contribution in [3.05, 3.63) is 29.8 Å². The Morgan fingerprint density at radius 1 is 0.721 bits per heavy atom. The lowest BCUT2D eigenvalue weighted by molar-refractivity contribution is -0.161. The number of hydrogen-bond acceptors (Lipinski definition) is 9. The fraction of sp³-hybridized carbons (Fsp3) is 0.594. The summed E-state index contributed by atoms with van der Waals surface area (Å²) in [6.07, 6.45) is 4.73. The maximum atomic E-state index is 13.0. The van der Waals surface area contributed by atoms with Crippen molar-refractivity contribution >= 4 is 35.4 Å². The third-order valence-corrected chi connectivity index (χ3v) is 5.28. The lowest BCUT2D eigenvalue weighted by Crippen LogP contribution is -2.47. The van der Waals surface area contributed by atoms with Gasteiger partial charge in [-0.15, -0.1) is 6.42 Å². The largest absolute Gasteiger partial charge is 0.460 e. The molecule has 3 N–H and O–H groups in total. The minimum atomic E-state index is -1.15. The van der Waals surface area contributed by atoms with Gasteiger partial charge in [0.1, 0.15) is 28.9 Å². The fourth-order valence-electron chi connectivity index (χ4n) is 3.57. The van der Waals surface area contributed by atoms with Gasteiger partial charge in [0.05, 0.1) is 6.54 Å². The van der Waals surface area contributed by atoms with E-state index >= 15 is 0 Å². The monoisotopic (exact) mass is 601 g/mol. The number of hydrogen-bond donors (Lipinski definition) is 3. The number of esters is 3. The first kappa shape index (κ1) is 37.0. The van der Waals surface area contributed by atoms with Gasteiger partial charge in [-0.2, -0.15) is 0 Å². The van der Waals surface area contributed by atoms with Crippen molar-refractivity contribution < 1.29 is 38.2 Å². The first-order valence-electron chi connectivity index (χ1n) is 14.2. The van der Waals surface area contributed by atoms with Crippen molar-refractivity contribution in [2.75, 3.05) is 11.9 Å². The summed E-state index contributed by atoms with van der Waals surface area (Å²) in [5, 5.41) is 8.24. The number of ether oxygens (including phenoxy) is 3. The van der Waals surface area contributed by atoms with Crippen molar-refractivity contribution in [1.29, 1.82) is 0 Å². The number of benzene rings is 1. The summed E-state index contributed by atoms with van der Waals surface area (Å²) in [5.41, 5.74) is -1.36. The molecule has 0 saturated carbocycles.